The number of esters is 1. The second-order valence-electron chi connectivity index (χ2n) is 4.50. The van der Waals surface area contributed by atoms with Gasteiger partial charge in [0.25, 0.3) is 5.91 Å². The third-order valence-electron chi connectivity index (χ3n) is 2.69. The summed E-state index contributed by atoms with van der Waals surface area (Å²) in [5.41, 5.74) is 4.87. The van der Waals surface area contributed by atoms with Crippen LogP contribution in [0.3, 0.4) is 0 Å². The van der Waals surface area contributed by atoms with Gasteiger partial charge in [0.05, 0.1) is 12.3 Å². The number of carbonyl (C=O) groups excluding carboxylic acids is 3. The maximum atomic E-state index is 11.6. The van der Waals surface area contributed by atoms with Crippen LogP contribution in [0, 0.1) is 0 Å². The topological polar surface area (TPSA) is 117 Å². The Hall–Kier alpha value is -2.42. The summed E-state index contributed by atoms with van der Waals surface area (Å²) in [5, 5.41) is 2.22. The molecule has 8 nitrogen and oxygen atoms in total. The van der Waals surface area contributed by atoms with E-state index < -0.39 is 24.4 Å². The van der Waals surface area contributed by atoms with Gasteiger partial charge in [-0.25, -0.2) is 0 Å². The van der Waals surface area contributed by atoms with Gasteiger partial charge in [0.1, 0.15) is 13.2 Å². The van der Waals surface area contributed by atoms with Gasteiger partial charge in [-0.2, -0.15) is 0 Å². The van der Waals surface area contributed by atoms with Crippen LogP contribution in [0.2, 0.25) is 0 Å². The van der Waals surface area contributed by atoms with Crippen molar-refractivity contribution < 1.29 is 28.6 Å². The van der Waals surface area contributed by atoms with Crippen LogP contribution in [0.1, 0.15) is 0 Å². The first-order valence-electron chi connectivity index (χ1n) is 6.77. The molecule has 0 bridgehead atoms. The summed E-state index contributed by atoms with van der Waals surface area (Å²) in [6.07, 6.45) is 0. The molecule has 0 radical (unpaired) electrons. The Morgan fingerprint density at radius 2 is 1.96 bits per heavy atom. The minimum atomic E-state index is -0.668. The summed E-state index contributed by atoms with van der Waals surface area (Å²) >= 11 is 1.26. The van der Waals surface area contributed by atoms with Crippen LogP contribution in [-0.4, -0.2) is 49.9 Å². The van der Waals surface area contributed by atoms with Gasteiger partial charge >= 0.3 is 5.97 Å². The number of fused-ring (bicyclic) bond motifs is 1. The lowest BCUT2D eigenvalue weighted by atomic mass is 10.3. The van der Waals surface area contributed by atoms with Crippen molar-refractivity contribution in [1.82, 2.24) is 5.32 Å². The van der Waals surface area contributed by atoms with E-state index in [2.05, 4.69) is 5.32 Å². The lowest BCUT2D eigenvalue weighted by molar-refractivity contribution is -0.146. The molecule has 0 spiro atoms. The highest BCUT2D eigenvalue weighted by atomic mass is 32.2. The molecular formula is C14H16N2O6S. The number of thioether (sulfide) groups is 1. The number of amides is 2. The summed E-state index contributed by atoms with van der Waals surface area (Å²) in [5.74, 6) is -0.433. The van der Waals surface area contributed by atoms with Crippen LogP contribution in [0.5, 0.6) is 11.5 Å². The molecule has 1 aromatic carbocycles. The molecule has 0 fully saturated rings. The van der Waals surface area contributed by atoms with Crippen LogP contribution in [-0.2, 0) is 19.1 Å². The molecule has 0 saturated carbocycles. The number of carbonyl (C=O) groups is 3. The first-order chi connectivity index (χ1) is 11.0. The van der Waals surface area contributed by atoms with Crippen molar-refractivity contribution in [2.45, 2.75) is 4.90 Å². The first kappa shape index (κ1) is 16.9. The van der Waals surface area contributed by atoms with E-state index in [-0.39, 0.29) is 12.3 Å². The highest BCUT2D eigenvalue weighted by Gasteiger charge is 2.13. The standard InChI is InChI=1S/C14H16N2O6S/c15-12(17)6-16-13(18)7-22-14(19)8-23-9-1-2-10-11(5-9)21-4-3-20-10/h1-2,5H,3-4,6-8H2,(H2,15,17)(H,16,18). The second-order valence-corrected chi connectivity index (χ2v) is 5.55. The van der Waals surface area contributed by atoms with Crippen molar-refractivity contribution in [1.29, 1.82) is 0 Å². The third-order valence-corrected chi connectivity index (χ3v) is 3.66. The zero-order valence-electron chi connectivity index (χ0n) is 12.2. The largest absolute Gasteiger partial charge is 0.486 e. The number of benzene rings is 1. The molecule has 9 heteroatoms. The average Bonchev–Trinajstić information content (AvgIpc) is 2.56. The van der Waals surface area contributed by atoms with E-state index >= 15 is 0 Å². The van der Waals surface area contributed by atoms with E-state index in [9.17, 15) is 14.4 Å². The molecule has 124 valence electrons. The van der Waals surface area contributed by atoms with Crippen LogP contribution in [0.15, 0.2) is 23.1 Å². The predicted molar refractivity (Wildman–Crippen MR) is 81.3 cm³/mol. The fourth-order valence-corrected chi connectivity index (χ4v) is 2.40. The lowest BCUT2D eigenvalue weighted by Crippen LogP contribution is -2.36. The minimum Gasteiger partial charge on any atom is -0.486 e. The highest BCUT2D eigenvalue weighted by Crippen LogP contribution is 2.34. The van der Waals surface area contributed by atoms with Crippen molar-refractivity contribution in [2.75, 3.05) is 32.1 Å². The van der Waals surface area contributed by atoms with E-state index in [0.717, 1.165) is 4.90 Å². The summed E-state index contributed by atoms with van der Waals surface area (Å²) in [6.45, 7) is 0.267. The Labute approximate surface area is 136 Å². The van der Waals surface area contributed by atoms with Gasteiger partial charge in [0.15, 0.2) is 18.1 Å². The van der Waals surface area contributed by atoms with E-state index in [1.165, 1.54) is 11.8 Å². The summed E-state index contributed by atoms with van der Waals surface area (Å²) in [7, 11) is 0. The Kier molecular flexibility index (Phi) is 6.10. The van der Waals surface area contributed by atoms with E-state index in [4.69, 9.17) is 19.9 Å². The molecule has 2 rings (SSSR count). The minimum absolute atomic E-state index is 0.0444. The summed E-state index contributed by atoms with van der Waals surface area (Å²) in [4.78, 5) is 34.1. The monoisotopic (exact) mass is 340 g/mol. The first-order valence-corrected chi connectivity index (χ1v) is 7.76. The number of rotatable bonds is 7. The average molecular weight is 340 g/mol. The van der Waals surface area contributed by atoms with Crippen molar-refractivity contribution in [3.05, 3.63) is 18.2 Å². The van der Waals surface area contributed by atoms with Crippen molar-refractivity contribution in [3.8, 4) is 11.5 Å². The molecule has 2 amide bonds. The number of nitrogens with one attached hydrogen (secondary N) is 1. The van der Waals surface area contributed by atoms with Crippen LogP contribution in [0.4, 0.5) is 0 Å². The Morgan fingerprint density at radius 3 is 2.70 bits per heavy atom. The molecule has 0 unspecified atom stereocenters. The molecule has 0 aliphatic carbocycles. The SMILES string of the molecule is NC(=O)CNC(=O)COC(=O)CSc1ccc2c(c1)OCCO2. The van der Waals surface area contributed by atoms with Gasteiger partial charge in [-0.05, 0) is 18.2 Å². The lowest BCUT2D eigenvalue weighted by Gasteiger charge is -2.18. The highest BCUT2D eigenvalue weighted by molar-refractivity contribution is 8.00. The van der Waals surface area contributed by atoms with Crippen molar-refractivity contribution >= 4 is 29.5 Å². The number of hydrogen-bond acceptors (Lipinski definition) is 7. The van der Waals surface area contributed by atoms with Crippen LogP contribution in [0.25, 0.3) is 0 Å². The van der Waals surface area contributed by atoms with Gasteiger partial charge in [-0.1, -0.05) is 0 Å². The van der Waals surface area contributed by atoms with Gasteiger partial charge < -0.3 is 25.3 Å². The van der Waals surface area contributed by atoms with Crippen LogP contribution < -0.4 is 20.5 Å². The normalized spacial score (nSPS) is 12.3. The van der Waals surface area contributed by atoms with Gasteiger partial charge in [-0.15, -0.1) is 11.8 Å². The van der Waals surface area contributed by atoms with E-state index in [0.29, 0.717) is 24.7 Å². The van der Waals surface area contributed by atoms with Crippen molar-refractivity contribution in [3.63, 3.8) is 0 Å². The molecule has 0 saturated heterocycles. The van der Waals surface area contributed by atoms with Crippen molar-refractivity contribution in [2.24, 2.45) is 5.73 Å². The molecule has 3 N–H and O–H groups in total. The molecule has 0 aromatic heterocycles. The Morgan fingerprint density at radius 1 is 1.22 bits per heavy atom. The van der Waals surface area contributed by atoms with E-state index in [1.807, 2.05) is 6.07 Å². The predicted octanol–water partition coefficient (Wildman–Crippen LogP) is -0.305. The number of primary amides is 1. The molecule has 1 heterocycles. The quantitative estimate of drug-likeness (QED) is 0.517. The fourth-order valence-electron chi connectivity index (χ4n) is 1.68. The molecule has 23 heavy (non-hydrogen) atoms. The third kappa shape index (κ3) is 5.70. The number of ether oxygens (including phenoxy) is 3. The van der Waals surface area contributed by atoms with E-state index in [1.54, 1.807) is 12.1 Å². The molecule has 1 aliphatic rings. The second kappa shape index (κ2) is 8.28. The number of nitrogens with two attached hydrogens (primary N) is 1. The van der Waals surface area contributed by atoms with Crippen LogP contribution >= 0.6 is 11.8 Å². The van der Waals surface area contributed by atoms with Gasteiger partial charge in [0.2, 0.25) is 5.91 Å². The number of hydrogen-bond donors (Lipinski definition) is 2. The van der Waals surface area contributed by atoms with Gasteiger partial charge in [0, 0.05) is 4.90 Å². The summed E-state index contributed by atoms with van der Waals surface area (Å²) in [6, 6.07) is 5.37. The maximum absolute atomic E-state index is 11.6. The molecule has 0 atom stereocenters. The Bertz CT molecular complexity index is 607. The zero-order valence-corrected chi connectivity index (χ0v) is 13.0. The zero-order chi connectivity index (χ0) is 16.7. The fraction of sp³-hybridized carbons (Fsp3) is 0.357. The molecule has 1 aromatic rings. The Balaban J connectivity index is 1.72. The molecular weight excluding hydrogens is 324 g/mol. The van der Waals surface area contributed by atoms with Gasteiger partial charge in [-0.3, -0.25) is 14.4 Å². The smallest absolute Gasteiger partial charge is 0.316 e. The summed E-state index contributed by atoms with van der Waals surface area (Å²) < 4.78 is 15.6. The molecule has 1 aliphatic heterocycles. The maximum Gasteiger partial charge on any atom is 0.316 e.